The van der Waals surface area contributed by atoms with Crippen LogP contribution >= 0.6 is 0 Å². The van der Waals surface area contributed by atoms with Crippen LogP contribution in [-0.2, 0) is 9.53 Å². The monoisotopic (exact) mass is 205 g/mol. The van der Waals surface area contributed by atoms with E-state index >= 15 is 0 Å². The van der Waals surface area contributed by atoms with E-state index in [1.165, 1.54) is 0 Å². The van der Waals surface area contributed by atoms with Crippen molar-refractivity contribution in [1.82, 2.24) is 0 Å². The second kappa shape index (κ2) is 5.01. The second-order valence-electron chi connectivity index (χ2n) is 2.85. The minimum absolute atomic E-state index is 0.0412. The Morgan fingerprint density at radius 3 is 3.00 bits per heavy atom. The van der Waals surface area contributed by atoms with Crippen LogP contribution in [0.15, 0.2) is 28.8 Å². The van der Waals surface area contributed by atoms with Crippen LogP contribution in [0.4, 0.5) is 0 Å². The number of rotatable bonds is 3. The van der Waals surface area contributed by atoms with Gasteiger partial charge in [0.15, 0.2) is 6.04 Å². The molecule has 0 spiro atoms. The molecule has 0 saturated carbocycles. The van der Waals surface area contributed by atoms with E-state index in [1.807, 2.05) is 13.0 Å². The fourth-order valence-electron chi connectivity index (χ4n) is 1.02. The molecule has 1 heterocycles. The number of nitrogens with zero attached hydrogens (tertiary/aromatic N) is 1. The Balaban J connectivity index is 2.85. The van der Waals surface area contributed by atoms with Crippen LogP contribution in [0.3, 0.4) is 0 Å². The van der Waals surface area contributed by atoms with E-state index in [0.717, 1.165) is 0 Å². The molecular weight excluding hydrogens is 194 g/mol. The highest BCUT2D eigenvalue weighted by molar-refractivity contribution is 6.00. The molecule has 0 saturated heterocycles. The van der Waals surface area contributed by atoms with E-state index in [4.69, 9.17) is 16.3 Å². The van der Waals surface area contributed by atoms with Crippen LogP contribution in [0, 0.1) is 12.3 Å². The van der Waals surface area contributed by atoms with E-state index < -0.39 is 12.0 Å². The number of allylic oxidation sites excluding steroid dienone is 3. The van der Waals surface area contributed by atoms with E-state index in [0.29, 0.717) is 5.57 Å². The van der Waals surface area contributed by atoms with Gasteiger partial charge in [-0.15, -0.1) is 6.42 Å². The van der Waals surface area contributed by atoms with Crippen molar-refractivity contribution in [3.05, 3.63) is 23.8 Å². The van der Waals surface area contributed by atoms with Gasteiger partial charge in [0.2, 0.25) is 5.90 Å². The molecule has 0 amide bonds. The fraction of sp³-hybridized carbons (Fsp3) is 0.273. The van der Waals surface area contributed by atoms with Crippen LogP contribution in [-0.4, -0.2) is 29.6 Å². The molecule has 0 aromatic heterocycles. The van der Waals surface area contributed by atoms with Crippen LogP contribution in [0.1, 0.15) is 6.92 Å². The molecule has 1 aliphatic rings. The summed E-state index contributed by atoms with van der Waals surface area (Å²) < 4.78 is 5.10. The molecule has 1 unspecified atom stereocenters. The molecule has 1 atom stereocenters. The van der Waals surface area contributed by atoms with Gasteiger partial charge in [-0.3, -0.25) is 0 Å². The minimum Gasteiger partial charge on any atom is -0.480 e. The summed E-state index contributed by atoms with van der Waals surface area (Å²) in [6.07, 6.45) is 10.5. The number of hydrogen-bond acceptors (Lipinski definition) is 3. The maximum atomic E-state index is 10.6. The van der Waals surface area contributed by atoms with E-state index in [2.05, 4.69) is 10.9 Å². The van der Waals surface area contributed by atoms with Crippen LogP contribution in [0.25, 0.3) is 0 Å². The van der Waals surface area contributed by atoms with Gasteiger partial charge in [0.25, 0.3) is 0 Å². The van der Waals surface area contributed by atoms with Gasteiger partial charge in [-0.25, -0.2) is 9.79 Å². The highest BCUT2D eigenvalue weighted by Crippen LogP contribution is 2.11. The zero-order valence-electron chi connectivity index (χ0n) is 8.30. The lowest BCUT2D eigenvalue weighted by atomic mass is 10.2. The van der Waals surface area contributed by atoms with Gasteiger partial charge in [0, 0.05) is 0 Å². The fourth-order valence-corrected chi connectivity index (χ4v) is 1.02. The zero-order valence-corrected chi connectivity index (χ0v) is 8.30. The van der Waals surface area contributed by atoms with Crippen molar-refractivity contribution in [2.24, 2.45) is 4.99 Å². The summed E-state index contributed by atoms with van der Waals surface area (Å²) in [5.74, 6) is 1.62. The number of aliphatic imine (C=N–C) groups is 1. The Hall–Kier alpha value is -2.02. The topological polar surface area (TPSA) is 58.9 Å². The van der Waals surface area contributed by atoms with Crippen molar-refractivity contribution < 1.29 is 14.6 Å². The van der Waals surface area contributed by atoms with Crippen molar-refractivity contribution in [3.63, 3.8) is 0 Å². The summed E-state index contributed by atoms with van der Waals surface area (Å²) in [4.78, 5) is 14.5. The Morgan fingerprint density at radius 2 is 2.53 bits per heavy atom. The average molecular weight is 205 g/mol. The Labute approximate surface area is 88.0 Å². The molecule has 78 valence electrons. The number of ether oxygens (including phenoxy) is 1. The van der Waals surface area contributed by atoms with Crippen molar-refractivity contribution in [2.75, 3.05) is 6.61 Å². The van der Waals surface area contributed by atoms with Crippen LogP contribution in [0.5, 0.6) is 0 Å². The number of terminal acetylenes is 1. The number of carbonyl (C=O) groups is 1. The molecule has 1 rings (SSSR count). The molecule has 0 aromatic rings. The highest BCUT2D eigenvalue weighted by atomic mass is 16.5. The SMILES string of the molecule is C#CC(=CC=CC)C1=NC(C(=O)O)CO1. The summed E-state index contributed by atoms with van der Waals surface area (Å²) in [5, 5.41) is 8.69. The maximum absolute atomic E-state index is 10.6. The Kier molecular flexibility index (Phi) is 3.69. The lowest BCUT2D eigenvalue weighted by molar-refractivity contribution is -0.138. The second-order valence-corrected chi connectivity index (χ2v) is 2.85. The van der Waals surface area contributed by atoms with E-state index in [-0.39, 0.29) is 12.5 Å². The third-order valence-corrected chi connectivity index (χ3v) is 1.78. The molecular formula is C11H11NO3. The standard InChI is InChI=1S/C11H11NO3/c1-3-5-6-8(4-2)10-12-9(7-15-10)11(13)14/h2-3,5-6,9H,7H2,1H3,(H,13,14). The summed E-state index contributed by atoms with van der Waals surface area (Å²) in [5.41, 5.74) is 0.455. The zero-order chi connectivity index (χ0) is 11.3. The van der Waals surface area contributed by atoms with Crippen LogP contribution in [0.2, 0.25) is 0 Å². The lowest BCUT2D eigenvalue weighted by Gasteiger charge is -1.97. The predicted octanol–water partition coefficient (Wildman–Crippen LogP) is 1.00. The normalized spacial score (nSPS) is 20.9. The molecule has 1 N–H and O–H groups in total. The minimum atomic E-state index is -1.01. The van der Waals surface area contributed by atoms with Crippen molar-refractivity contribution in [2.45, 2.75) is 13.0 Å². The van der Waals surface area contributed by atoms with Gasteiger partial charge in [-0.05, 0) is 13.0 Å². The molecule has 4 heteroatoms. The highest BCUT2D eigenvalue weighted by Gasteiger charge is 2.26. The van der Waals surface area contributed by atoms with Gasteiger partial charge < -0.3 is 9.84 Å². The van der Waals surface area contributed by atoms with Crippen molar-refractivity contribution in [1.29, 1.82) is 0 Å². The molecule has 1 aliphatic heterocycles. The Bertz CT molecular complexity index is 385. The third kappa shape index (κ3) is 2.71. The van der Waals surface area contributed by atoms with Crippen molar-refractivity contribution >= 4 is 11.9 Å². The molecule has 4 nitrogen and oxygen atoms in total. The number of aliphatic carboxylic acids is 1. The van der Waals surface area contributed by atoms with Gasteiger partial charge in [-0.2, -0.15) is 0 Å². The molecule has 0 fully saturated rings. The number of hydrogen-bond donors (Lipinski definition) is 1. The molecule has 0 aromatic carbocycles. The summed E-state index contributed by atoms with van der Waals surface area (Å²) in [7, 11) is 0. The van der Waals surface area contributed by atoms with Crippen LogP contribution < -0.4 is 0 Å². The first-order valence-corrected chi connectivity index (χ1v) is 4.42. The molecule has 0 bridgehead atoms. The first-order valence-electron chi connectivity index (χ1n) is 4.42. The lowest BCUT2D eigenvalue weighted by Crippen LogP contribution is -2.18. The molecule has 15 heavy (non-hydrogen) atoms. The summed E-state index contributed by atoms with van der Waals surface area (Å²) >= 11 is 0. The number of carboxylic acids is 1. The Morgan fingerprint density at radius 1 is 1.80 bits per heavy atom. The predicted molar refractivity (Wildman–Crippen MR) is 56.5 cm³/mol. The summed E-state index contributed by atoms with van der Waals surface area (Å²) in [6, 6.07) is -0.845. The quantitative estimate of drug-likeness (QED) is 0.552. The first-order chi connectivity index (χ1) is 7.19. The first kappa shape index (κ1) is 11.1. The van der Waals surface area contributed by atoms with Gasteiger partial charge in [0.05, 0.1) is 5.57 Å². The summed E-state index contributed by atoms with van der Waals surface area (Å²) in [6.45, 7) is 1.89. The van der Waals surface area contributed by atoms with Gasteiger partial charge >= 0.3 is 5.97 Å². The molecule has 0 aliphatic carbocycles. The number of carboxylic acid groups (broad SMARTS) is 1. The van der Waals surface area contributed by atoms with Crippen molar-refractivity contribution in [3.8, 4) is 12.3 Å². The third-order valence-electron chi connectivity index (χ3n) is 1.78. The maximum Gasteiger partial charge on any atom is 0.332 e. The largest absolute Gasteiger partial charge is 0.480 e. The van der Waals surface area contributed by atoms with Gasteiger partial charge in [-0.1, -0.05) is 18.1 Å². The average Bonchev–Trinajstić information content (AvgIpc) is 2.68. The molecule has 0 radical (unpaired) electrons. The van der Waals surface area contributed by atoms with Gasteiger partial charge in [0.1, 0.15) is 6.61 Å². The van der Waals surface area contributed by atoms with E-state index in [9.17, 15) is 4.79 Å². The van der Waals surface area contributed by atoms with E-state index in [1.54, 1.807) is 12.2 Å². The smallest absolute Gasteiger partial charge is 0.332 e.